The molecule has 0 unspecified atom stereocenters. The van der Waals surface area contributed by atoms with Crippen molar-refractivity contribution < 1.29 is 22.7 Å². The minimum Gasteiger partial charge on any atom is -0.483 e. The normalized spacial score (nSPS) is 12.8. The highest BCUT2D eigenvalue weighted by molar-refractivity contribution is 7.89. The second-order valence-electron chi connectivity index (χ2n) is 9.25. The molecule has 0 aliphatic rings. The molecule has 0 bridgehead atoms. The van der Waals surface area contributed by atoms with Gasteiger partial charge in [-0.15, -0.1) is 0 Å². The molecule has 3 heterocycles. The number of aryl methyl sites for hydroxylation is 1. The van der Waals surface area contributed by atoms with Crippen LogP contribution in [-0.4, -0.2) is 34.9 Å². The number of nitrogens with two attached hydrogens (primary N) is 1. The third-order valence-corrected chi connectivity index (χ3v) is 7.38. The molecule has 0 aliphatic carbocycles. The summed E-state index contributed by atoms with van der Waals surface area (Å²) in [7, 11) is -4.22. The summed E-state index contributed by atoms with van der Waals surface area (Å²) in [6, 6.07) is 11.9. The Hall–Kier alpha value is -3.77. The fraction of sp³-hybridized carbons (Fsp3) is 0.222. The highest BCUT2D eigenvalue weighted by Gasteiger charge is 2.24. The van der Waals surface area contributed by atoms with Crippen molar-refractivity contribution in [2.75, 3.05) is 6.61 Å². The Bertz CT molecular complexity index is 1920. The zero-order chi connectivity index (χ0) is 28.1. The Morgan fingerprint density at radius 1 is 1.18 bits per heavy atom. The molecule has 0 amide bonds. The van der Waals surface area contributed by atoms with Crippen molar-refractivity contribution in [3.05, 3.63) is 80.7 Å². The highest BCUT2D eigenvalue weighted by atomic mass is 35.5. The third kappa shape index (κ3) is 5.13. The molecule has 3 aromatic heterocycles. The maximum Gasteiger partial charge on any atom is 0.259 e. The largest absolute Gasteiger partial charge is 0.483 e. The van der Waals surface area contributed by atoms with Crippen molar-refractivity contribution in [2.24, 2.45) is 5.14 Å². The maximum absolute atomic E-state index is 13.5. The number of benzene rings is 2. The van der Waals surface area contributed by atoms with E-state index in [1.165, 1.54) is 12.1 Å². The van der Waals surface area contributed by atoms with E-state index in [0.717, 1.165) is 16.5 Å². The van der Waals surface area contributed by atoms with Gasteiger partial charge in [-0.25, -0.2) is 18.5 Å². The lowest BCUT2D eigenvalue weighted by molar-refractivity contribution is 0.219. The number of rotatable bonds is 7. The number of pyridine rings is 1. The Morgan fingerprint density at radius 2 is 1.95 bits per heavy atom. The van der Waals surface area contributed by atoms with Crippen LogP contribution in [0.2, 0.25) is 5.15 Å². The lowest BCUT2D eigenvalue weighted by Gasteiger charge is -2.19. The molecule has 0 aliphatic heterocycles. The van der Waals surface area contributed by atoms with E-state index in [-0.39, 0.29) is 22.9 Å². The Balaban J connectivity index is 1.65. The monoisotopic (exact) mass is 568 g/mol. The minimum absolute atomic E-state index is 0.0350. The smallest absolute Gasteiger partial charge is 0.259 e. The summed E-state index contributed by atoms with van der Waals surface area (Å²) in [5.74, 6) is 0.309. The molecule has 0 fully saturated rings. The Morgan fingerprint density at radius 3 is 2.67 bits per heavy atom. The lowest BCUT2D eigenvalue weighted by atomic mass is 9.99. The van der Waals surface area contributed by atoms with Crippen LogP contribution >= 0.6 is 11.6 Å². The van der Waals surface area contributed by atoms with Gasteiger partial charge in [-0.2, -0.15) is 5.10 Å². The number of aromatic nitrogens is 3. The van der Waals surface area contributed by atoms with E-state index in [1.807, 2.05) is 37.4 Å². The van der Waals surface area contributed by atoms with E-state index in [1.54, 1.807) is 24.6 Å². The number of fused-ring (bicyclic) bond motifs is 2. The first-order valence-electron chi connectivity index (χ1n) is 12.0. The molecule has 12 heteroatoms. The molecular formula is C27H25ClN4O6S. The summed E-state index contributed by atoms with van der Waals surface area (Å²) in [6.45, 7) is 5.59. The van der Waals surface area contributed by atoms with E-state index in [2.05, 4.69) is 10.1 Å². The van der Waals surface area contributed by atoms with Crippen molar-refractivity contribution in [1.29, 1.82) is 0 Å². The zero-order valence-electron chi connectivity index (χ0n) is 21.3. The van der Waals surface area contributed by atoms with Crippen LogP contribution in [0, 0.1) is 13.8 Å². The molecule has 0 spiro atoms. The summed E-state index contributed by atoms with van der Waals surface area (Å²) in [4.78, 5) is 17.3. The number of aliphatic hydroxyl groups excluding tert-OH is 1. The van der Waals surface area contributed by atoms with Gasteiger partial charge in [0.2, 0.25) is 5.03 Å². The van der Waals surface area contributed by atoms with Crippen LogP contribution in [0.25, 0.3) is 33.2 Å². The second-order valence-corrected chi connectivity index (χ2v) is 11.1. The van der Waals surface area contributed by atoms with Gasteiger partial charge >= 0.3 is 0 Å². The third-order valence-electron chi connectivity index (χ3n) is 6.34. The van der Waals surface area contributed by atoms with Gasteiger partial charge in [0.15, 0.2) is 11.2 Å². The maximum atomic E-state index is 13.5. The molecular weight excluding hydrogens is 544 g/mol. The first-order valence-corrected chi connectivity index (χ1v) is 13.9. The Labute approximate surface area is 228 Å². The molecule has 10 nitrogen and oxygen atoms in total. The van der Waals surface area contributed by atoms with Crippen LogP contribution in [-0.2, 0) is 16.6 Å². The van der Waals surface area contributed by atoms with Crippen molar-refractivity contribution in [3.63, 3.8) is 0 Å². The van der Waals surface area contributed by atoms with Crippen LogP contribution in [0.1, 0.15) is 29.7 Å². The van der Waals surface area contributed by atoms with Gasteiger partial charge in [0.05, 0.1) is 24.1 Å². The van der Waals surface area contributed by atoms with Gasteiger partial charge in [-0.1, -0.05) is 11.6 Å². The number of sulfonamides is 1. The van der Waals surface area contributed by atoms with Crippen molar-refractivity contribution in [3.8, 4) is 17.1 Å². The zero-order valence-corrected chi connectivity index (χ0v) is 22.9. The molecule has 3 N–H and O–H groups in total. The van der Waals surface area contributed by atoms with E-state index in [4.69, 9.17) is 25.9 Å². The standard InChI is InChI=1S/C27H25ClN4O6S/c1-14-10-19(16(3)37-22-6-7-23(28)30-27(22)39(29,35)36)26-20(11-14)24(34)15(2)25(38-26)17-4-5-21-18(12-17)13-32(31-21)8-9-33/h4-7,10-13,16,33H,8-9H2,1-3H3,(H2,29,35,36)/t16-/m1/s1. The summed E-state index contributed by atoms with van der Waals surface area (Å²) in [5, 5.41) is 19.6. The molecule has 202 valence electrons. The molecule has 0 saturated heterocycles. The molecule has 5 aromatic rings. The first kappa shape index (κ1) is 26.8. The topological polar surface area (TPSA) is 151 Å². The predicted molar refractivity (Wildman–Crippen MR) is 147 cm³/mol. The number of halogens is 1. The predicted octanol–water partition coefficient (Wildman–Crippen LogP) is 4.25. The second kappa shape index (κ2) is 10.1. The fourth-order valence-corrected chi connectivity index (χ4v) is 5.35. The molecule has 1 atom stereocenters. The Kier molecular flexibility index (Phi) is 6.93. The average Bonchev–Trinajstić information content (AvgIpc) is 3.28. The minimum atomic E-state index is -4.22. The number of nitrogens with zero attached hydrogens (tertiary/aromatic N) is 3. The van der Waals surface area contributed by atoms with Gasteiger partial charge in [0.1, 0.15) is 22.6 Å². The van der Waals surface area contributed by atoms with Crippen LogP contribution in [0.5, 0.6) is 5.75 Å². The van der Waals surface area contributed by atoms with Crippen molar-refractivity contribution in [2.45, 2.75) is 38.4 Å². The van der Waals surface area contributed by atoms with E-state index >= 15 is 0 Å². The lowest BCUT2D eigenvalue weighted by Crippen LogP contribution is -2.17. The van der Waals surface area contributed by atoms with Gasteiger partial charge < -0.3 is 14.3 Å². The van der Waals surface area contributed by atoms with Crippen molar-refractivity contribution >= 4 is 43.5 Å². The van der Waals surface area contributed by atoms with Gasteiger partial charge in [0, 0.05) is 28.3 Å². The SMILES string of the molecule is Cc1cc([C@@H](C)Oc2ccc(Cl)nc2S(N)(=O)=O)c2oc(-c3ccc4nn(CCO)cc4c3)c(C)c(=O)c2c1. The summed E-state index contributed by atoms with van der Waals surface area (Å²) in [6.07, 6.45) is 1.06. The highest BCUT2D eigenvalue weighted by Crippen LogP contribution is 2.35. The number of primary sulfonamides is 1. The quantitative estimate of drug-likeness (QED) is 0.276. The van der Waals surface area contributed by atoms with Gasteiger partial charge in [-0.05, 0) is 68.8 Å². The summed E-state index contributed by atoms with van der Waals surface area (Å²) in [5.41, 5.74) is 3.32. The van der Waals surface area contributed by atoms with Crippen LogP contribution < -0.4 is 15.3 Å². The van der Waals surface area contributed by atoms with E-state index in [0.29, 0.717) is 40.0 Å². The first-order chi connectivity index (χ1) is 18.5. The van der Waals surface area contributed by atoms with Gasteiger partial charge in [0.25, 0.3) is 10.0 Å². The number of aliphatic hydroxyl groups is 1. The summed E-state index contributed by atoms with van der Waals surface area (Å²) < 4.78 is 38.3. The van der Waals surface area contributed by atoms with Crippen LogP contribution in [0.3, 0.4) is 0 Å². The number of hydrogen-bond donors (Lipinski definition) is 2. The van der Waals surface area contributed by atoms with Gasteiger partial charge in [-0.3, -0.25) is 9.48 Å². The molecule has 0 radical (unpaired) electrons. The molecule has 2 aromatic carbocycles. The average molecular weight is 569 g/mol. The summed E-state index contributed by atoms with van der Waals surface area (Å²) >= 11 is 5.88. The van der Waals surface area contributed by atoms with Crippen molar-refractivity contribution in [1.82, 2.24) is 14.8 Å². The fourth-order valence-electron chi connectivity index (χ4n) is 4.53. The molecule has 39 heavy (non-hydrogen) atoms. The van der Waals surface area contributed by atoms with Crippen LogP contribution in [0.4, 0.5) is 0 Å². The number of hydrogen-bond acceptors (Lipinski definition) is 8. The van der Waals surface area contributed by atoms with E-state index < -0.39 is 21.2 Å². The van der Waals surface area contributed by atoms with Crippen LogP contribution in [0.15, 0.2) is 62.9 Å². The number of ether oxygens (including phenoxy) is 1. The molecule has 5 rings (SSSR count). The molecule has 0 saturated carbocycles. The van der Waals surface area contributed by atoms with E-state index in [9.17, 15) is 18.3 Å².